The summed E-state index contributed by atoms with van der Waals surface area (Å²) in [5.74, 6) is 1.37. The van der Waals surface area contributed by atoms with Gasteiger partial charge in [-0.2, -0.15) is 17.7 Å². The molecule has 1 N–H and O–H groups in total. The van der Waals surface area contributed by atoms with Crippen LogP contribution in [0.1, 0.15) is 82.1 Å². The molecule has 0 spiro atoms. The van der Waals surface area contributed by atoms with Gasteiger partial charge in [-0.1, -0.05) is 95.2 Å². The summed E-state index contributed by atoms with van der Waals surface area (Å²) in [6.45, 7) is 20.9. The minimum Gasteiger partial charge on any atom is -0.378 e. The Kier molecular flexibility index (Phi) is 15.9. The second kappa shape index (κ2) is 18.2. The number of nitrogens with zero attached hydrogens (tertiary/aromatic N) is 2. The maximum atomic E-state index is 10.8. The van der Waals surface area contributed by atoms with Crippen molar-refractivity contribution in [3.05, 3.63) is 83.8 Å². The summed E-state index contributed by atoms with van der Waals surface area (Å²) in [6, 6.07) is 13.3. The van der Waals surface area contributed by atoms with E-state index in [-0.39, 0.29) is 38.2 Å². The van der Waals surface area contributed by atoms with Gasteiger partial charge in [-0.3, -0.25) is 0 Å². The van der Waals surface area contributed by atoms with E-state index in [0.717, 1.165) is 48.7 Å². The molecule has 0 amide bonds. The number of rotatable bonds is 5. The van der Waals surface area contributed by atoms with Crippen molar-refractivity contribution in [2.24, 2.45) is 11.8 Å². The largest absolute Gasteiger partial charge is 0.378 e. The smallest absolute Gasteiger partial charge is 0.0642 e. The van der Waals surface area contributed by atoms with Crippen molar-refractivity contribution in [1.82, 2.24) is 4.90 Å². The average molecular weight is 647 g/mol. The number of morpholine rings is 1. The number of carbonyl (C=O) groups excluding carboxylic acids is 1. The maximum Gasteiger partial charge on any atom is 0.0642 e. The van der Waals surface area contributed by atoms with Crippen LogP contribution in [-0.2, 0) is 42.2 Å². The van der Waals surface area contributed by atoms with Gasteiger partial charge in [0.05, 0.1) is 25.2 Å². The molecule has 3 aliphatic rings. The monoisotopic (exact) mass is 646 g/mol. The van der Waals surface area contributed by atoms with Crippen molar-refractivity contribution in [1.29, 1.82) is 5.41 Å². The molecule has 1 aliphatic carbocycles. The summed E-state index contributed by atoms with van der Waals surface area (Å²) < 4.78 is 5.37. The standard InChI is InChI=1S/C19H19N2O2.C15H26N.C2H6.Y/c1-14-2-3-15(13-22)12-18(14)19(20)16-4-6-17(7-5-16)21-8-10-23-11-9-21;1-13-7-8-14(2)12-16(11-13)15(3)9-5-4-6-10-15;1-2;/h2-7,12,20H,8-11H2,1H3;7-8,13-14H,3-6,9-12H2,1-2H3;1-2H3;/q2*-1;;/t;13-,14+;;. The first-order valence-electron chi connectivity index (χ1n) is 15.6. The molecule has 0 aromatic heterocycles. The van der Waals surface area contributed by atoms with Gasteiger partial charge in [0.2, 0.25) is 0 Å². The van der Waals surface area contributed by atoms with E-state index in [1.807, 2.05) is 57.4 Å². The number of hydrogen-bond donors (Lipinski definition) is 1. The molecule has 5 nitrogen and oxygen atoms in total. The molecule has 2 aliphatic heterocycles. The zero-order chi connectivity index (χ0) is 29.8. The van der Waals surface area contributed by atoms with Crippen LogP contribution in [-0.4, -0.2) is 61.8 Å². The summed E-state index contributed by atoms with van der Waals surface area (Å²) in [5, 5.41) is 8.43. The molecule has 2 aromatic carbocycles. The maximum absolute atomic E-state index is 10.8. The minimum absolute atomic E-state index is 0. The molecule has 5 rings (SSSR count). The molecule has 227 valence electrons. The number of anilines is 1. The van der Waals surface area contributed by atoms with E-state index in [0.29, 0.717) is 23.1 Å². The molecule has 1 radical (unpaired) electrons. The quantitative estimate of drug-likeness (QED) is 0.209. The SMILES string of the molecule is CC.Cc1ccc([C-]=O)cc1C(=N)c1ccc(N2CCOCC2)cc1.[CH2-]C1(N2C[C@H](C)C=C[C@H](C)C2)CCCCC1.[Y]. The fraction of sp³-hybridized carbons (Fsp3) is 0.528. The zero-order valence-corrected chi connectivity index (χ0v) is 29.5. The van der Waals surface area contributed by atoms with Gasteiger partial charge in [0.15, 0.2) is 0 Å². The first-order chi connectivity index (χ1) is 19.8. The Labute approximate surface area is 280 Å². The Bertz CT molecular complexity index is 1120. The Morgan fingerprint density at radius 1 is 0.952 bits per heavy atom. The summed E-state index contributed by atoms with van der Waals surface area (Å²) in [6.07, 6.45) is 13.4. The molecular formula is C36H51N3O2Y-2. The van der Waals surface area contributed by atoms with Gasteiger partial charge in [-0.05, 0) is 36.5 Å². The summed E-state index contributed by atoms with van der Waals surface area (Å²) in [5.41, 5.74) is 4.88. The molecule has 0 unspecified atom stereocenters. The summed E-state index contributed by atoms with van der Waals surface area (Å²) in [7, 11) is 0. The van der Waals surface area contributed by atoms with E-state index in [9.17, 15) is 4.79 Å². The Balaban J connectivity index is 0.000000286. The molecule has 2 heterocycles. The number of nitrogens with one attached hydrogen (secondary N) is 1. The van der Waals surface area contributed by atoms with Crippen molar-refractivity contribution in [3.8, 4) is 0 Å². The van der Waals surface area contributed by atoms with E-state index in [1.165, 1.54) is 45.2 Å². The number of benzene rings is 2. The summed E-state index contributed by atoms with van der Waals surface area (Å²) in [4.78, 5) is 15.8. The third-order valence-electron chi connectivity index (χ3n) is 8.40. The van der Waals surface area contributed by atoms with E-state index in [2.05, 4.69) is 42.7 Å². The zero-order valence-electron chi connectivity index (χ0n) is 26.6. The predicted octanol–water partition coefficient (Wildman–Crippen LogP) is 7.40. The second-order valence-corrected chi connectivity index (χ2v) is 11.7. The van der Waals surface area contributed by atoms with Gasteiger partial charge in [-0.25, -0.2) is 0 Å². The van der Waals surface area contributed by atoms with Gasteiger partial charge in [0.25, 0.3) is 0 Å². The van der Waals surface area contributed by atoms with Gasteiger partial charge in [-0.15, -0.1) is 11.6 Å². The van der Waals surface area contributed by atoms with Crippen molar-refractivity contribution < 1.29 is 42.2 Å². The first kappa shape index (κ1) is 36.5. The van der Waals surface area contributed by atoms with E-state index < -0.39 is 0 Å². The van der Waals surface area contributed by atoms with Crippen LogP contribution < -0.4 is 4.90 Å². The van der Waals surface area contributed by atoms with Gasteiger partial charge in [0, 0.05) is 64.6 Å². The van der Waals surface area contributed by atoms with Crippen LogP contribution in [0.3, 0.4) is 0 Å². The fourth-order valence-electron chi connectivity index (χ4n) is 5.96. The van der Waals surface area contributed by atoms with Crippen LogP contribution in [0.25, 0.3) is 0 Å². The summed E-state index contributed by atoms with van der Waals surface area (Å²) >= 11 is 0. The predicted molar refractivity (Wildman–Crippen MR) is 173 cm³/mol. The van der Waals surface area contributed by atoms with E-state index >= 15 is 0 Å². The van der Waals surface area contributed by atoms with Crippen LogP contribution in [0.5, 0.6) is 0 Å². The van der Waals surface area contributed by atoms with E-state index in [4.69, 9.17) is 10.1 Å². The third kappa shape index (κ3) is 10.2. The number of hydrogen-bond acceptors (Lipinski definition) is 5. The molecule has 6 heteroatoms. The molecule has 2 fully saturated rings. The minimum atomic E-state index is 0. The normalized spacial score (nSPS) is 21.8. The molecule has 2 atom stereocenters. The van der Waals surface area contributed by atoms with Crippen LogP contribution in [0.15, 0.2) is 54.6 Å². The third-order valence-corrected chi connectivity index (χ3v) is 8.40. The van der Waals surface area contributed by atoms with Crippen molar-refractivity contribution in [2.75, 3.05) is 44.3 Å². The average Bonchev–Trinajstić information content (AvgIpc) is 3.20. The Morgan fingerprint density at radius 2 is 1.52 bits per heavy atom. The van der Waals surface area contributed by atoms with Crippen molar-refractivity contribution in [2.45, 2.75) is 72.3 Å². The topological polar surface area (TPSA) is 56.6 Å². The Hall–Kier alpha value is -1.66. The molecule has 2 aromatic rings. The molecular weight excluding hydrogens is 595 g/mol. The van der Waals surface area contributed by atoms with Gasteiger partial charge < -0.3 is 31.7 Å². The number of aryl methyl sites for hydroxylation is 1. The molecule has 0 bridgehead atoms. The van der Waals surface area contributed by atoms with Crippen molar-refractivity contribution in [3.63, 3.8) is 0 Å². The van der Waals surface area contributed by atoms with Crippen LogP contribution >= 0.6 is 0 Å². The molecule has 1 saturated heterocycles. The second-order valence-electron chi connectivity index (χ2n) is 11.7. The van der Waals surface area contributed by atoms with Gasteiger partial charge >= 0.3 is 0 Å². The molecule has 42 heavy (non-hydrogen) atoms. The van der Waals surface area contributed by atoms with Crippen LogP contribution in [0, 0.1) is 31.1 Å². The van der Waals surface area contributed by atoms with E-state index in [1.54, 1.807) is 12.1 Å². The Morgan fingerprint density at radius 3 is 2.07 bits per heavy atom. The fourth-order valence-corrected chi connectivity index (χ4v) is 5.96. The molecule has 1 saturated carbocycles. The number of ether oxygens (including phenoxy) is 1. The first-order valence-corrected chi connectivity index (χ1v) is 15.6. The van der Waals surface area contributed by atoms with Crippen molar-refractivity contribution >= 4 is 17.7 Å². The van der Waals surface area contributed by atoms with Gasteiger partial charge in [0.1, 0.15) is 0 Å². The van der Waals surface area contributed by atoms with Crippen LogP contribution in [0.2, 0.25) is 0 Å². The van der Waals surface area contributed by atoms with Crippen LogP contribution in [0.4, 0.5) is 5.69 Å².